The van der Waals surface area contributed by atoms with Gasteiger partial charge in [-0.1, -0.05) is 124 Å². The first-order valence-electron chi connectivity index (χ1n) is 19.1. The number of hydrogen-bond acceptors (Lipinski definition) is 6. The molecule has 4 aliphatic carbocycles. The molecule has 1 unspecified atom stereocenters. The molecule has 2 bridgehead atoms. The van der Waals surface area contributed by atoms with Crippen LogP contribution < -0.4 is 15.4 Å². The Labute approximate surface area is 309 Å². The van der Waals surface area contributed by atoms with E-state index in [1.807, 2.05) is 66.7 Å². The molecule has 8 rings (SSSR count). The van der Waals surface area contributed by atoms with Crippen molar-refractivity contribution in [3.8, 4) is 0 Å². The van der Waals surface area contributed by atoms with Crippen LogP contribution in [-0.2, 0) is 47.5 Å². The molecule has 2 amide bonds. The summed E-state index contributed by atoms with van der Waals surface area (Å²) in [6, 6.07) is 26.1. The quantitative estimate of drug-likeness (QED) is 0.171. The van der Waals surface area contributed by atoms with Crippen LogP contribution in [0.3, 0.4) is 0 Å². The maximum Gasteiger partial charge on any atom is 0.481 e. The fraction of sp³-hybridized carbons (Fsp3) is 0.512. The molecular weight excluding hydrogens is 673 g/mol. The van der Waals surface area contributed by atoms with E-state index in [2.05, 4.69) is 29.2 Å². The molecular formula is C41H52BN3O6S. The molecule has 7 atom stereocenters. The number of nitrogens with one attached hydrogen (secondary N) is 3. The van der Waals surface area contributed by atoms with Crippen molar-refractivity contribution in [2.24, 2.45) is 23.2 Å². The maximum atomic E-state index is 14.4. The van der Waals surface area contributed by atoms with E-state index < -0.39 is 35.1 Å². The molecule has 3 aromatic carbocycles. The van der Waals surface area contributed by atoms with E-state index in [0.717, 1.165) is 43.2 Å². The summed E-state index contributed by atoms with van der Waals surface area (Å²) in [5.74, 6) is 0.0619. The van der Waals surface area contributed by atoms with Crippen molar-refractivity contribution in [3.63, 3.8) is 0 Å². The van der Waals surface area contributed by atoms with Crippen LogP contribution in [0.5, 0.6) is 0 Å². The van der Waals surface area contributed by atoms with E-state index in [1.54, 1.807) is 24.3 Å². The molecule has 276 valence electrons. The Bertz CT molecular complexity index is 1780. The highest BCUT2D eigenvalue weighted by molar-refractivity contribution is 7.88. The Morgan fingerprint density at radius 3 is 2.04 bits per heavy atom. The molecule has 0 aromatic heterocycles. The van der Waals surface area contributed by atoms with E-state index >= 15 is 0 Å². The molecule has 0 spiro atoms. The van der Waals surface area contributed by atoms with Crippen LogP contribution >= 0.6 is 0 Å². The van der Waals surface area contributed by atoms with Crippen molar-refractivity contribution in [3.05, 3.63) is 108 Å². The van der Waals surface area contributed by atoms with Gasteiger partial charge in [0.2, 0.25) is 21.8 Å². The summed E-state index contributed by atoms with van der Waals surface area (Å²) in [7, 11) is -4.45. The van der Waals surface area contributed by atoms with E-state index in [0.29, 0.717) is 29.7 Å². The second-order valence-corrected chi connectivity index (χ2v) is 17.8. The SMILES string of the molecule is CC1(C)[C@H]2C[C@@H]1C1OB([C@H](CC3CCC3)NC(=O)[C@H](Cc3ccccc3)NC(=O)[C@H](CCc3ccccc3)NS(=O)(=O)Cc3ccccc3)O[C@@H]1C2. The summed E-state index contributed by atoms with van der Waals surface area (Å²) < 4.78 is 42.8. The van der Waals surface area contributed by atoms with Gasteiger partial charge in [-0.05, 0) is 72.0 Å². The van der Waals surface area contributed by atoms with Crippen LogP contribution in [0.1, 0.15) is 75.5 Å². The maximum absolute atomic E-state index is 14.4. The minimum Gasteiger partial charge on any atom is -0.404 e. The third-order valence-corrected chi connectivity index (χ3v) is 13.6. The fourth-order valence-corrected chi connectivity index (χ4v) is 10.1. The zero-order valence-corrected chi connectivity index (χ0v) is 31.1. The van der Waals surface area contributed by atoms with Gasteiger partial charge in [0.15, 0.2) is 0 Å². The van der Waals surface area contributed by atoms with Crippen molar-refractivity contribution >= 4 is 29.0 Å². The standard InChI is InChI=1S/C41H52BN3O6S/c1-41(2)32-25-33(41)38-36(26-32)50-42(51-38)37(24-30-19-12-20-30)44-40(47)35(23-29-15-8-4-9-16-29)43-39(46)34(22-21-28-13-6-3-7-14-28)45-52(48,49)27-31-17-10-5-11-18-31/h3-11,13-18,30,32-38,45H,12,19-27H2,1-2H3,(H,43,46)(H,44,47)/t32-,33+,34-,35-,36+,37-,38?/m0/s1. The van der Waals surface area contributed by atoms with Gasteiger partial charge in [0.1, 0.15) is 12.1 Å². The van der Waals surface area contributed by atoms with Crippen molar-refractivity contribution < 1.29 is 27.3 Å². The number of carbonyl (C=O) groups excluding carboxylic acids is 2. The summed E-state index contributed by atoms with van der Waals surface area (Å²) in [4.78, 5) is 28.6. The van der Waals surface area contributed by atoms with Gasteiger partial charge in [-0.25, -0.2) is 13.1 Å². The van der Waals surface area contributed by atoms with Crippen LogP contribution in [0, 0.1) is 23.2 Å². The van der Waals surface area contributed by atoms with Gasteiger partial charge in [-0.15, -0.1) is 0 Å². The molecule has 52 heavy (non-hydrogen) atoms. The molecule has 1 aliphatic heterocycles. The highest BCUT2D eigenvalue weighted by Gasteiger charge is 2.63. The Kier molecular flexibility index (Phi) is 11.2. The summed E-state index contributed by atoms with van der Waals surface area (Å²) in [6.07, 6.45) is 7.30. The number of amides is 2. The van der Waals surface area contributed by atoms with Gasteiger partial charge < -0.3 is 19.9 Å². The smallest absolute Gasteiger partial charge is 0.404 e. The van der Waals surface area contributed by atoms with E-state index in [-0.39, 0.29) is 48.1 Å². The molecule has 4 saturated carbocycles. The lowest BCUT2D eigenvalue weighted by atomic mass is 9.47. The zero-order chi connectivity index (χ0) is 36.3. The average Bonchev–Trinajstić information content (AvgIpc) is 3.56. The third kappa shape index (κ3) is 8.65. The van der Waals surface area contributed by atoms with Gasteiger partial charge in [-0.2, -0.15) is 0 Å². The molecule has 0 radical (unpaired) electrons. The number of carbonyl (C=O) groups is 2. The lowest BCUT2D eigenvalue weighted by molar-refractivity contribution is -0.150. The number of sulfonamides is 1. The number of hydrogen-bond donors (Lipinski definition) is 3. The third-order valence-electron chi connectivity index (χ3n) is 12.2. The lowest BCUT2D eigenvalue weighted by Gasteiger charge is -2.60. The highest BCUT2D eigenvalue weighted by atomic mass is 32.2. The van der Waals surface area contributed by atoms with Gasteiger partial charge in [0.25, 0.3) is 0 Å². The molecule has 3 N–H and O–H groups in total. The second-order valence-electron chi connectivity index (χ2n) is 16.1. The fourth-order valence-electron chi connectivity index (χ4n) is 8.74. The van der Waals surface area contributed by atoms with Crippen molar-refractivity contribution in [1.29, 1.82) is 0 Å². The van der Waals surface area contributed by atoms with Gasteiger partial charge in [0.05, 0.1) is 23.9 Å². The molecule has 3 aromatic rings. The van der Waals surface area contributed by atoms with Crippen molar-refractivity contribution in [2.45, 2.75) is 108 Å². The van der Waals surface area contributed by atoms with E-state index in [4.69, 9.17) is 9.31 Å². The number of rotatable bonds is 16. The predicted octanol–water partition coefficient (Wildman–Crippen LogP) is 5.39. The summed E-state index contributed by atoms with van der Waals surface area (Å²) >= 11 is 0. The molecule has 5 aliphatic rings. The average molecular weight is 726 g/mol. The molecule has 5 fully saturated rings. The van der Waals surface area contributed by atoms with Gasteiger partial charge >= 0.3 is 7.12 Å². The normalized spacial score (nSPS) is 25.2. The topological polar surface area (TPSA) is 123 Å². The lowest BCUT2D eigenvalue weighted by Crippen LogP contribution is -2.59. The van der Waals surface area contributed by atoms with E-state index in [9.17, 15) is 18.0 Å². The van der Waals surface area contributed by atoms with Crippen molar-refractivity contribution in [2.75, 3.05) is 0 Å². The monoisotopic (exact) mass is 725 g/mol. The van der Waals surface area contributed by atoms with E-state index in [1.165, 1.54) is 6.42 Å². The first kappa shape index (κ1) is 36.8. The Morgan fingerprint density at radius 2 is 1.42 bits per heavy atom. The zero-order valence-electron chi connectivity index (χ0n) is 30.3. The van der Waals surface area contributed by atoms with Crippen LogP contribution in [0.25, 0.3) is 0 Å². The van der Waals surface area contributed by atoms with Crippen LogP contribution in [0.2, 0.25) is 0 Å². The molecule has 11 heteroatoms. The minimum atomic E-state index is -3.90. The Balaban J connectivity index is 1.09. The second kappa shape index (κ2) is 15.8. The summed E-state index contributed by atoms with van der Waals surface area (Å²) in [5, 5.41) is 6.26. The largest absolute Gasteiger partial charge is 0.481 e. The van der Waals surface area contributed by atoms with Crippen molar-refractivity contribution in [1.82, 2.24) is 15.4 Å². The van der Waals surface area contributed by atoms with Crippen LogP contribution in [0.15, 0.2) is 91.0 Å². The minimum absolute atomic E-state index is 0.0277. The molecule has 1 heterocycles. The highest BCUT2D eigenvalue weighted by Crippen LogP contribution is 2.61. The van der Waals surface area contributed by atoms with Gasteiger partial charge in [-0.3, -0.25) is 9.59 Å². The summed E-state index contributed by atoms with van der Waals surface area (Å²) in [5.41, 5.74) is 2.72. The molecule has 1 saturated heterocycles. The van der Waals surface area contributed by atoms with Gasteiger partial charge in [0, 0.05) is 6.42 Å². The van der Waals surface area contributed by atoms with Crippen LogP contribution in [0.4, 0.5) is 0 Å². The first-order valence-corrected chi connectivity index (χ1v) is 20.7. The molecule has 9 nitrogen and oxygen atoms in total. The summed E-state index contributed by atoms with van der Waals surface area (Å²) in [6.45, 7) is 4.66. The predicted molar refractivity (Wildman–Crippen MR) is 202 cm³/mol. The van der Waals surface area contributed by atoms with Crippen LogP contribution in [-0.4, -0.2) is 57.6 Å². The first-order chi connectivity index (χ1) is 25.0. The Morgan fingerprint density at radius 1 is 0.808 bits per heavy atom. The Hall–Kier alpha value is -3.51. The number of benzene rings is 3. The number of aryl methyl sites for hydroxylation is 1.